The van der Waals surface area contributed by atoms with E-state index in [0.29, 0.717) is 13.0 Å². The summed E-state index contributed by atoms with van der Waals surface area (Å²) in [6.07, 6.45) is 0.652. The van der Waals surface area contributed by atoms with Crippen molar-refractivity contribution in [3.8, 4) is 0 Å². The highest BCUT2D eigenvalue weighted by Gasteiger charge is 2.11. The number of benzene rings is 1. The Balaban J connectivity index is 2.79. The van der Waals surface area contributed by atoms with E-state index in [1.807, 2.05) is 6.92 Å². The van der Waals surface area contributed by atoms with Crippen LogP contribution in [-0.2, 0) is 11.2 Å². The molecule has 16 heavy (non-hydrogen) atoms. The van der Waals surface area contributed by atoms with Gasteiger partial charge in [0.05, 0.1) is 16.9 Å². The van der Waals surface area contributed by atoms with Crippen molar-refractivity contribution in [3.63, 3.8) is 0 Å². The molecule has 0 saturated carbocycles. The summed E-state index contributed by atoms with van der Waals surface area (Å²) < 4.78 is 4.94. The summed E-state index contributed by atoms with van der Waals surface area (Å²) in [4.78, 5) is 10.1. The Morgan fingerprint density at radius 2 is 2.25 bits per heavy atom. The molecule has 0 aliphatic carbocycles. The maximum atomic E-state index is 10.5. The van der Waals surface area contributed by atoms with Gasteiger partial charge in [-0.25, -0.2) is 0 Å². The van der Waals surface area contributed by atoms with Crippen LogP contribution >= 0.6 is 11.6 Å². The molecular weight excluding hydrogens is 230 g/mol. The minimum absolute atomic E-state index is 0.106. The number of alkyl halides is 1. The number of hydrogen-bond donors (Lipinski definition) is 0. The zero-order valence-corrected chi connectivity index (χ0v) is 10.0. The van der Waals surface area contributed by atoms with Gasteiger partial charge in [-0.1, -0.05) is 6.07 Å². The van der Waals surface area contributed by atoms with E-state index in [1.54, 1.807) is 19.2 Å². The van der Waals surface area contributed by atoms with Crippen LogP contribution in [-0.4, -0.2) is 24.0 Å². The number of methoxy groups -OCH3 is 1. The molecular formula is C11H14ClNO3. The molecule has 0 N–H and O–H groups in total. The van der Waals surface area contributed by atoms with Crippen LogP contribution in [0, 0.1) is 17.0 Å². The first-order valence-corrected chi connectivity index (χ1v) is 5.35. The number of halogens is 1. The molecule has 0 radical (unpaired) electrons. The van der Waals surface area contributed by atoms with E-state index < -0.39 is 4.92 Å². The maximum absolute atomic E-state index is 10.5. The minimum Gasteiger partial charge on any atom is -0.383 e. The van der Waals surface area contributed by atoms with E-state index in [1.165, 1.54) is 6.07 Å². The monoisotopic (exact) mass is 243 g/mol. The highest BCUT2D eigenvalue weighted by molar-refractivity contribution is 6.20. The summed E-state index contributed by atoms with van der Waals surface area (Å²) in [7, 11) is 1.60. The van der Waals surface area contributed by atoms with E-state index in [4.69, 9.17) is 16.3 Å². The zero-order chi connectivity index (χ0) is 12.1. The fourth-order valence-electron chi connectivity index (χ4n) is 1.50. The number of non-ortho nitro benzene ring substituents is 1. The number of nitro groups is 1. The Morgan fingerprint density at radius 3 is 2.75 bits per heavy atom. The normalized spacial score (nSPS) is 12.4. The molecule has 0 saturated heterocycles. The minimum atomic E-state index is -0.399. The second-order valence-corrected chi connectivity index (χ2v) is 4.24. The van der Waals surface area contributed by atoms with Gasteiger partial charge in [-0.3, -0.25) is 10.1 Å². The number of aryl methyl sites for hydroxylation is 1. The summed E-state index contributed by atoms with van der Waals surface area (Å²) in [5.41, 5.74) is 2.01. The standard InChI is InChI=1S/C11H14ClNO3/c1-8-5-11(13(14)15)4-3-9(8)6-10(12)7-16-2/h3-5,10H,6-7H2,1-2H3. The van der Waals surface area contributed by atoms with E-state index >= 15 is 0 Å². The Bertz CT molecular complexity index is 381. The van der Waals surface area contributed by atoms with Gasteiger partial charge in [0.2, 0.25) is 0 Å². The molecule has 88 valence electrons. The molecule has 0 amide bonds. The summed E-state index contributed by atoms with van der Waals surface area (Å²) in [6.45, 7) is 2.32. The first-order valence-electron chi connectivity index (χ1n) is 4.91. The smallest absolute Gasteiger partial charge is 0.269 e. The molecule has 1 rings (SSSR count). The van der Waals surface area contributed by atoms with Crippen LogP contribution in [0.5, 0.6) is 0 Å². The fourth-order valence-corrected chi connectivity index (χ4v) is 1.79. The van der Waals surface area contributed by atoms with Gasteiger partial charge in [-0.2, -0.15) is 0 Å². The molecule has 4 nitrogen and oxygen atoms in total. The van der Waals surface area contributed by atoms with Crippen LogP contribution in [0.15, 0.2) is 18.2 Å². The topological polar surface area (TPSA) is 52.4 Å². The molecule has 1 unspecified atom stereocenters. The average molecular weight is 244 g/mol. The van der Waals surface area contributed by atoms with Crippen LogP contribution < -0.4 is 0 Å². The molecule has 0 aromatic heterocycles. The molecule has 0 heterocycles. The van der Waals surface area contributed by atoms with Crippen molar-refractivity contribution < 1.29 is 9.66 Å². The molecule has 0 bridgehead atoms. The molecule has 0 spiro atoms. The average Bonchev–Trinajstić information content (AvgIpc) is 2.21. The Morgan fingerprint density at radius 1 is 1.56 bits per heavy atom. The van der Waals surface area contributed by atoms with Crippen LogP contribution in [0.3, 0.4) is 0 Å². The van der Waals surface area contributed by atoms with Gasteiger partial charge in [-0.15, -0.1) is 11.6 Å². The lowest BCUT2D eigenvalue weighted by Crippen LogP contribution is -2.11. The fraction of sp³-hybridized carbons (Fsp3) is 0.455. The van der Waals surface area contributed by atoms with Gasteiger partial charge in [0, 0.05) is 19.2 Å². The van der Waals surface area contributed by atoms with Crippen molar-refractivity contribution in [1.82, 2.24) is 0 Å². The van der Waals surface area contributed by atoms with Crippen molar-refractivity contribution in [2.24, 2.45) is 0 Å². The van der Waals surface area contributed by atoms with Gasteiger partial charge in [0.1, 0.15) is 0 Å². The third kappa shape index (κ3) is 3.47. The van der Waals surface area contributed by atoms with Gasteiger partial charge >= 0.3 is 0 Å². The summed E-state index contributed by atoms with van der Waals surface area (Å²) in [6, 6.07) is 4.81. The van der Waals surface area contributed by atoms with Crippen molar-refractivity contribution >= 4 is 17.3 Å². The van der Waals surface area contributed by atoms with Gasteiger partial charge in [0.15, 0.2) is 0 Å². The lowest BCUT2D eigenvalue weighted by Gasteiger charge is -2.10. The molecule has 0 aliphatic rings. The van der Waals surface area contributed by atoms with E-state index in [0.717, 1.165) is 11.1 Å². The largest absolute Gasteiger partial charge is 0.383 e. The van der Waals surface area contributed by atoms with E-state index in [2.05, 4.69) is 0 Å². The predicted octanol–water partition coefficient (Wildman–Crippen LogP) is 2.70. The third-order valence-corrected chi connectivity index (χ3v) is 2.61. The molecule has 0 fully saturated rings. The van der Waals surface area contributed by atoms with Gasteiger partial charge in [-0.05, 0) is 24.5 Å². The molecule has 0 aliphatic heterocycles. The first kappa shape index (κ1) is 12.9. The number of rotatable bonds is 5. The number of hydrogen-bond acceptors (Lipinski definition) is 3. The quantitative estimate of drug-likeness (QED) is 0.454. The predicted molar refractivity (Wildman–Crippen MR) is 63.1 cm³/mol. The van der Waals surface area contributed by atoms with Crippen molar-refractivity contribution in [3.05, 3.63) is 39.4 Å². The van der Waals surface area contributed by atoms with Crippen LogP contribution in [0.1, 0.15) is 11.1 Å². The molecule has 1 atom stereocenters. The van der Waals surface area contributed by atoms with E-state index in [9.17, 15) is 10.1 Å². The summed E-state index contributed by atoms with van der Waals surface area (Å²) in [5, 5.41) is 10.4. The maximum Gasteiger partial charge on any atom is 0.269 e. The molecule has 5 heteroatoms. The highest BCUT2D eigenvalue weighted by atomic mass is 35.5. The van der Waals surface area contributed by atoms with Crippen LogP contribution in [0.25, 0.3) is 0 Å². The van der Waals surface area contributed by atoms with Crippen molar-refractivity contribution in [1.29, 1.82) is 0 Å². The lowest BCUT2D eigenvalue weighted by atomic mass is 10.0. The second kappa shape index (κ2) is 5.82. The molecule has 1 aromatic carbocycles. The van der Waals surface area contributed by atoms with E-state index in [-0.39, 0.29) is 11.1 Å². The first-order chi connectivity index (χ1) is 7.54. The Kier molecular flexibility index (Phi) is 4.71. The summed E-state index contributed by atoms with van der Waals surface area (Å²) >= 11 is 6.03. The lowest BCUT2D eigenvalue weighted by molar-refractivity contribution is -0.384. The van der Waals surface area contributed by atoms with Crippen molar-refractivity contribution in [2.45, 2.75) is 18.7 Å². The van der Waals surface area contributed by atoms with Crippen LogP contribution in [0.4, 0.5) is 5.69 Å². The Hall–Kier alpha value is -1.13. The highest BCUT2D eigenvalue weighted by Crippen LogP contribution is 2.19. The number of nitro benzene ring substituents is 1. The zero-order valence-electron chi connectivity index (χ0n) is 9.27. The number of ether oxygens (including phenoxy) is 1. The second-order valence-electron chi connectivity index (χ2n) is 3.62. The van der Waals surface area contributed by atoms with Gasteiger partial charge in [0.25, 0.3) is 5.69 Å². The van der Waals surface area contributed by atoms with Crippen LogP contribution in [0.2, 0.25) is 0 Å². The third-order valence-electron chi connectivity index (χ3n) is 2.33. The summed E-state index contributed by atoms with van der Waals surface area (Å²) in [5.74, 6) is 0. The number of nitrogens with zero attached hydrogens (tertiary/aromatic N) is 1. The SMILES string of the molecule is COCC(Cl)Cc1ccc([N+](=O)[O-])cc1C. The van der Waals surface area contributed by atoms with Gasteiger partial charge < -0.3 is 4.74 Å². The molecule has 1 aromatic rings. The van der Waals surface area contributed by atoms with Crippen molar-refractivity contribution in [2.75, 3.05) is 13.7 Å². The Labute approximate surface area is 99.3 Å².